The van der Waals surface area contributed by atoms with Crippen molar-refractivity contribution in [2.75, 3.05) is 11.1 Å². The Morgan fingerprint density at radius 1 is 1.22 bits per heavy atom. The van der Waals surface area contributed by atoms with Crippen LogP contribution in [0.5, 0.6) is 0 Å². The molecule has 0 aliphatic heterocycles. The summed E-state index contributed by atoms with van der Waals surface area (Å²) in [6, 6.07) is 9.78. The average molecular weight is 423 g/mol. The van der Waals surface area contributed by atoms with Crippen molar-refractivity contribution in [1.82, 2.24) is 15.0 Å². The molecule has 3 N–H and O–H groups in total. The van der Waals surface area contributed by atoms with Gasteiger partial charge < -0.3 is 11.1 Å². The van der Waals surface area contributed by atoms with Gasteiger partial charge in [0.25, 0.3) is 0 Å². The zero-order chi connectivity index (χ0) is 22.7. The zero-order valence-electron chi connectivity index (χ0n) is 17.6. The van der Waals surface area contributed by atoms with Crippen LogP contribution >= 0.6 is 0 Å². The van der Waals surface area contributed by atoms with Gasteiger partial charge in [0, 0.05) is 35.6 Å². The Labute approximate surface area is 185 Å². The summed E-state index contributed by atoms with van der Waals surface area (Å²) in [5.74, 6) is 0.463. The number of rotatable bonds is 3. The third-order valence-electron chi connectivity index (χ3n) is 5.82. The minimum atomic E-state index is -0.938. The number of aromatic nitrogens is 3. The highest BCUT2D eigenvalue weighted by molar-refractivity contribution is 6.01. The van der Waals surface area contributed by atoms with Crippen LogP contribution in [0.1, 0.15) is 31.2 Å². The van der Waals surface area contributed by atoms with Crippen molar-refractivity contribution in [3.8, 4) is 23.4 Å². The molecule has 0 unspecified atom stereocenters. The molecule has 8 nitrogen and oxygen atoms in total. The lowest BCUT2D eigenvalue weighted by Crippen LogP contribution is -2.21. The van der Waals surface area contributed by atoms with Crippen LogP contribution in [0.2, 0.25) is 0 Å². The Balaban J connectivity index is 1.55. The fourth-order valence-electron chi connectivity index (χ4n) is 3.85. The number of allylic oxidation sites excluding steroid dienone is 1. The van der Waals surface area contributed by atoms with E-state index in [1.165, 1.54) is 6.08 Å². The maximum Gasteiger partial charge on any atom is 0.249 e. The van der Waals surface area contributed by atoms with Crippen LogP contribution in [-0.2, 0) is 4.79 Å². The maximum absolute atomic E-state index is 12.5. The Hall–Kier alpha value is -4.30. The highest BCUT2D eigenvalue weighted by Gasteiger charge is 2.33. The lowest BCUT2D eigenvalue weighted by atomic mass is 9.74. The number of hydrogen-bond donors (Lipinski definition) is 2. The molecule has 1 aliphatic carbocycles. The molecule has 0 aromatic carbocycles. The van der Waals surface area contributed by atoms with Gasteiger partial charge in [0.05, 0.1) is 17.8 Å². The van der Waals surface area contributed by atoms with Crippen LogP contribution in [-0.4, -0.2) is 20.9 Å². The van der Waals surface area contributed by atoms with Crippen LogP contribution in [0.15, 0.2) is 48.4 Å². The van der Waals surface area contributed by atoms with E-state index in [0.717, 1.165) is 22.1 Å². The number of nitrogens with zero attached hydrogens (tertiary/aromatic N) is 5. The number of fused-ring (bicyclic) bond motifs is 1. The lowest BCUT2D eigenvalue weighted by molar-refractivity contribution is -0.112. The van der Waals surface area contributed by atoms with Crippen molar-refractivity contribution < 1.29 is 4.79 Å². The number of carbonyl (C=O) groups is 1. The number of nitrogen functional groups attached to an aromatic ring is 1. The van der Waals surface area contributed by atoms with Crippen LogP contribution < -0.4 is 11.1 Å². The van der Waals surface area contributed by atoms with Crippen molar-refractivity contribution in [2.24, 2.45) is 5.41 Å². The number of pyridine rings is 3. The molecule has 1 saturated carbocycles. The van der Waals surface area contributed by atoms with Crippen LogP contribution in [0.25, 0.3) is 22.0 Å². The second-order valence-corrected chi connectivity index (χ2v) is 7.97. The quantitative estimate of drug-likeness (QED) is 0.605. The Morgan fingerprint density at radius 2 is 1.97 bits per heavy atom. The fourth-order valence-corrected chi connectivity index (χ4v) is 3.85. The van der Waals surface area contributed by atoms with E-state index < -0.39 is 5.41 Å². The molecule has 3 heterocycles. The summed E-state index contributed by atoms with van der Waals surface area (Å²) in [5, 5.41) is 22.7. The number of amides is 1. The molecular formula is C24H21N7O. The summed E-state index contributed by atoms with van der Waals surface area (Å²) >= 11 is 0. The number of carbonyl (C=O) groups excluding carboxylic acids is 1. The minimum absolute atomic E-state index is 0.293. The highest BCUT2D eigenvalue weighted by Crippen LogP contribution is 2.37. The van der Waals surface area contributed by atoms with Crippen molar-refractivity contribution in [2.45, 2.75) is 32.6 Å². The predicted octanol–water partition coefficient (Wildman–Crippen LogP) is 4.05. The molecule has 0 radical (unpaired) electrons. The van der Waals surface area contributed by atoms with Crippen molar-refractivity contribution in [3.05, 3.63) is 54.0 Å². The van der Waals surface area contributed by atoms with Gasteiger partial charge in [0.2, 0.25) is 5.91 Å². The summed E-state index contributed by atoms with van der Waals surface area (Å²) in [5.41, 5.74) is 8.75. The summed E-state index contributed by atoms with van der Waals surface area (Å²) in [6.07, 6.45) is 8.58. The van der Waals surface area contributed by atoms with Gasteiger partial charge in [-0.25, -0.2) is 9.97 Å². The zero-order valence-corrected chi connectivity index (χ0v) is 17.6. The summed E-state index contributed by atoms with van der Waals surface area (Å²) in [4.78, 5) is 25.5. The van der Waals surface area contributed by atoms with Gasteiger partial charge in [0.15, 0.2) is 0 Å². The number of aryl methyl sites for hydroxylation is 1. The van der Waals surface area contributed by atoms with Gasteiger partial charge >= 0.3 is 0 Å². The van der Waals surface area contributed by atoms with E-state index in [0.29, 0.717) is 48.4 Å². The van der Waals surface area contributed by atoms with Crippen molar-refractivity contribution >= 4 is 28.3 Å². The van der Waals surface area contributed by atoms with Gasteiger partial charge in [-0.2, -0.15) is 10.5 Å². The van der Waals surface area contributed by atoms with Crippen LogP contribution in [0.4, 0.5) is 11.6 Å². The van der Waals surface area contributed by atoms with E-state index in [2.05, 4.69) is 32.4 Å². The number of nitrogens with two attached hydrogens (primary N) is 1. The monoisotopic (exact) mass is 423 g/mol. The number of nitrogens with one attached hydrogen (secondary N) is 1. The van der Waals surface area contributed by atoms with E-state index in [9.17, 15) is 15.3 Å². The molecule has 1 fully saturated rings. The normalized spacial score (nSPS) is 14.9. The topological polar surface area (TPSA) is 141 Å². The first-order chi connectivity index (χ1) is 15.4. The second kappa shape index (κ2) is 8.44. The first-order valence-corrected chi connectivity index (χ1v) is 10.2. The first-order valence-electron chi connectivity index (χ1n) is 10.2. The standard InChI is InChI=1S/C24H21N7O/c1-15-4-7-28-11-18(15)20-9-17-10-21(29-12-19(17)23(27)30-20)31-22(32)8-16-2-5-24(13-25,14-26)6-3-16/h4,7-12H,2-3,5-6H2,1H3,(H2,27,30)(H,29,31,32). The van der Waals surface area contributed by atoms with E-state index in [1.807, 2.05) is 19.1 Å². The molecule has 1 aliphatic rings. The van der Waals surface area contributed by atoms with Gasteiger partial charge in [0.1, 0.15) is 17.1 Å². The van der Waals surface area contributed by atoms with Crippen LogP contribution in [0.3, 0.4) is 0 Å². The molecule has 4 rings (SSSR count). The van der Waals surface area contributed by atoms with Crippen LogP contribution in [0, 0.1) is 35.0 Å². The predicted molar refractivity (Wildman–Crippen MR) is 121 cm³/mol. The molecule has 0 saturated heterocycles. The van der Waals surface area contributed by atoms with Gasteiger partial charge in [-0.3, -0.25) is 9.78 Å². The minimum Gasteiger partial charge on any atom is -0.383 e. The van der Waals surface area contributed by atoms with E-state index in [4.69, 9.17) is 5.73 Å². The highest BCUT2D eigenvalue weighted by atomic mass is 16.1. The number of nitriles is 2. The molecule has 3 aromatic rings. The Kier molecular flexibility index (Phi) is 5.53. The average Bonchev–Trinajstić information content (AvgIpc) is 2.80. The van der Waals surface area contributed by atoms with E-state index in [-0.39, 0.29) is 5.91 Å². The van der Waals surface area contributed by atoms with Gasteiger partial charge in [-0.05, 0) is 61.8 Å². The molecule has 8 heteroatoms. The first kappa shape index (κ1) is 21.0. The second-order valence-electron chi connectivity index (χ2n) is 7.97. The summed E-state index contributed by atoms with van der Waals surface area (Å²) in [7, 11) is 0. The molecule has 158 valence electrons. The molecule has 0 bridgehead atoms. The molecule has 0 spiro atoms. The molecule has 0 atom stereocenters. The molecule has 3 aromatic heterocycles. The van der Waals surface area contributed by atoms with Crippen molar-refractivity contribution in [3.63, 3.8) is 0 Å². The largest absolute Gasteiger partial charge is 0.383 e. The number of anilines is 2. The van der Waals surface area contributed by atoms with Gasteiger partial charge in [-0.1, -0.05) is 5.57 Å². The van der Waals surface area contributed by atoms with Gasteiger partial charge in [-0.15, -0.1) is 0 Å². The summed E-state index contributed by atoms with van der Waals surface area (Å²) < 4.78 is 0. The Morgan fingerprint density at radius 3 is 2.66 bits per heavy atom. The SMILES string of the molecule is Cc1ccncc1-c1cc2cc(NC(=O)C=C3CCC(C#N)(C#N)CC3)ncc2c(N)n1. The maximum atomic E-state index is 12.5. The smallest absolute Gasteiger partial charge is 0.249 e. The fraction of sp³-hybridized carbons (Fsp3) is 0.250. The Bertz CT molecular complexity index is 1300. The lowest BCUT2D eigenvalue weighted by Gasteiger charge is -2.25. The van der Waals surface area contributed by atoms with Crippen molar-refractivity contribution in [1.29, 1.82) is 10.5 Å². The summed E-state index contributed by atoms with van der Waals surface area (Å²) in [6.45, 7) is 1.98. The molecule has 32 heavy (non-hydrogen) atoms. The third-order valence-corrected chi connectivity index (χ3v) is 5.82. The van der Waals surface area contributed by atoms with E-state index >= 15 is 0 Å². The third kappa shape index (κ3) is 4.12. The molecular weight excluding hydrogens is 402 g/mol. The number of hydrogen-bond acceptors (Lipinski definition) is 7. The van der Waals surface area contributed by atoms with E-state index in [1.54, 1.807) is 24.7 Å². The molecule has 1 amide bonds.